The SMILES string of the molecule is Cc1ccccc1CSc1nnnn1-c1cccnc1. The molecule has 0 spiro atoms. The number of hydrogen-bond donors (Lipinski definition) is 0. The molecule has 0 aliphatic rings. The maximum Gasteiger partial charge on any atom is 0.214 e. The van der Waals surface area contributed by atoms with Gasteiger partial charge in [-0.25, -0.2) is 0 Å². The molecule has 20 heavy (non-hydrogen) atoms. The van der Waals surface area contributed by atoms with Gasteiger partial charge < -0.3 is 0 Å². The number of hydrogen-bond acceptors (Lipinski definition) is 5. The molecule has 3 rings (SSSR count). The first-order valence-electron chi connectivity index (χ1n) is 6.20. The fourth-order valence-corrected chi connectivity index (χ4v) is 2.79. The molecule has 0 unspecified atom stereocenters. The minimum Gasteiger partial charge on any atom is -0.262 e. The molecule has 6 heteroatoms. The van der Waals surface area contributed by atoms with Crippen LogP contribution in [0.3, 0.4) is 0 Å². The average molecular weight is 283 g/mol. The van der Waals surface area contributed by atoms with Crippen molar-refractivity contribution < 1.29 is 0 Å². The summed E-state index contributed by atoms with van der Waals surface area (Å²) in [5.74, 6) is 0.841. The second kappa shape index (κ2) is 5.83. The van der Waals surface area contributed by atoms with E-state index in [2.05, 4.69) is 39.6 Å². The molecule has 0 aliphatic carbocycles. The van der Waals surface area contributed by atoms with Gasteiger partial charge >= 0.3 is 0 Å². The Hall–Kier alpha value is -2.21. The lowest BCUT2D eigenvalue weighted by Gasteiger charge is -2.05. The van der Waals surface area contributed by atoms with Gasteiger partial charge in [-0.05, 0) is 40.6 Å². The topological polar surface area (TPSA) is 56.5 Å². The molecule has 1 aromatic carbocycles. The van der Waals surface area contributed by atoms with E-state index in [0.29, 0.717) is 0 Å². The lowest BCUT2D eigenvalue weighted by atomic mass is 10.1. The van der Waals surface area contributed by atoms with Gasteiger partial charge in [0, 0.05) is 11.9 Å². The van der Waals surface area contributed by atoms with Crippen LogP contribution in [-0.2, 0) is 5.75 Å². The minimum absolute atomic E-state index is 0.765. The van der Waals surface area contributed by atoms with Crippen molar-refractivity contribution in [3.8, 4) is 5.69 Å². The molecule has 2 heterocycles. The van der Waals surface area contributed by atoms with Crippen molar-refractivity contribution in [1.29, 1.82) is 0 Å². The molecule has 5 nitrogen and oxygen atoms in total. The standard InChI is InChI=1S/C14H13N5S/c1-11-5-2-3-6-12(11)10-20-14-16-17-18-19(14)13-7-4-8-15-9-13/h2-9H,10H2,1H3. The molecule has 0 atom stereocenters. The van der Waals surface area contributed by atoms with Crippen molar-refractivity contribution in [3.63, 3.8) is 0 Å². The van der Waals surface area contributed by atoms with Crippen molar-refractivity contribution in [2.75, 3.05) is 0 Å². The third-order valence-electron chi connectivity index (χ3n) is 2.95. The van der Waals surface area contributed by atoms with Crippen LogP contribution in [0.25, 0.3) is 5.69 Å². The number of benzene rings is 1. The Morgan fingerprint density at radius 2 is 2.05 bits per heavy atom. The van der Waals surface area contributed by atoms with Crippen LogP contribution in [0.4, 0.5) is 0 Å². The van der Waals surface area contributed by atoms with Crippen LogP contribution in [0.2, 0.25) is 0 Å². The van der Waals surface area contributed by atoms with Crippen LogP contribution in [0, 0.1) is 6.92 Å². The zero-order chi connectivity index (χ0) is 13.8. The van der Waals surface area contributed by atoms with Gasteiger partial charge in [-0.1, -0.05) is 36.0 Å². The highest BCUT2D eigenvalue weighted by Crippen LogP contribution is 2.23. The van der Waals surface area contributed by atoms with Crippen LogP contribution >= 0.6 is 11.8 Å². The van der Waals surface area contributed by atoms with E-state index in [0.717, 1.165) is 16.6 Å². The summed E-state index contributed by atoms with van der Waals surface area (Å²) in [4.78, 5) is 4.09. The Bertz CT molecular complexity index is 696. The number of aromatic nitrogens is 5. The van der Waals surface area contributed by atoms with E-state index >= 15 is 0 Å². The lowest BCUT2D eigenvalue weighted by molar-refractivity contribution is 0.753. The van der Waals surface area contributed by atoms with Crippen molar-refractivity contribution >= 4 is 11.8 Å². The van der Waals surface area contributed by atoms with Gasteiger partial charge in [0.1, 0.15) is 0 Å². The summed E-state index contributed by atoms with van der Waals surface area (Å²) in [6.07, 6.45) is 3.47. The molecule has 2 aromatic heterocycles. The van der Waals surface area contributed by atoms with E-state index in [1.807, 2.05) is 24.3 Å². The fourth-order valence-electron chi connectivity index (χ4n) is 1.82. The number of aryl methyl sites for hydroxylation is 1. The van der Waals surface area contributed by atoms with Gasteiger partial charge in [0.2, 0.25) is 5.16 Å². The van der Waals surface area contributed by atoms with E-state index < -0.39 is 0 Å². The number of nitrogens with zero attached hydrogens (tertiary/aromatic N) is 5. The molecule has 0 radical (unpaired) electrons. The Morgan fingerprint density at radius 3 is 2.85 bits per heavy atom. The molecule has 0 fully saturated rings. The van der Waals surface area contributed by atoms with Crippen LogP contribution in [-0.4, -0.2) is 25.2 Å². The van der Waals surface area contributed by atoms with Gasteiger partial charge in [-0.15, -0.1) is 5.10 Å². The third kappa shape index (κ3) is 2.70. The van der Waals surface area contributed by atoms with Crippen LogP contribution < -0.4 is 0 Å². The van der Waals surface area contributed by atoms with Crippen LogP contribution in [0.1, 0.15) is 11.1 Å². The van der Waals surface area contributed by atoms with Crippen LogP contribution in [0.5, 0.6) is 0 Å². The zero-order valence-electron chi connectivity index (χ0n) is 11.0. The normalized spacial score (nSPS) is 10.7. The maximum atomic E-state index is 4.09. The number of pyridine rings is 1. The van der Waals surface area contributed by atoms with E-state index in [1.165, 1.54) is 11.1 Å². The Kier molecular flexibility index (Phi) is 3.73. The highest BCUT2D eigenvalue weighted by atomic mass is 32.2. The summed E-state index contributed by atoms with van der Waals surface area (Å²) >= 11 is 1.61. The third-order valence-corrected chi connectivity index (χ3v) is 3.92. The van der Waals surface area contributed by atoms with Crippen molar-refractivity contribution in [3.05, 3.63) is 59.9 Å². The largest absolute Gasteiger partial charge is 0.262 e. The predicted molar refractivity (Wildman–Crippen MR) is 77.7 cm³/mol. The maximum absolute atomic E-state index is 4.09. The summed E-state index contributed by atoms with van der Waals surface area (Å²) in [6.45, 7) is 2.11. The van der Waals surface area contributed by atoms with Gasteiger partial charge in [0.25, 0.3) is 0 Å². The zero-order valence-corrected chi connectivity index (χ0v) is 11.8. The monoisotopic (exact) mass is 283 g/mol. The van der Waals surface area contributed by atoms with Crippen molar-refractivity contribution in [1.82, 2.24) is 25.2 Å². The van der Waals surface area contributed by atoms with Gasteiger partial charge in [0.05, 0.1) is 11.9 Å². The molecule has 0 bridgehead atoms. The Morgan fingerprint density at radius 1 is 1.15 bits per heavy atom. The highest BCUT2D eigenvalue weighted by Gasteiger charge is 2.09. The first-order valence-corrected chi connectivity index (χ1v) is 7.19. The summed E-state index contributed by atoms with van der Waals surface area (Å²) < 4.78 is 1.70. The minimum atomic E-state index is 0.765. The van der Waals surface area contributed by atoms with Crippen molar-refractivity contribution in [2.45, 2.75) is 17.8 Å². The number of thioether (sulfide) groups is 1. The molecule has 0 amide bonds. The van der Waals surface area contributed by atoms with Gasteiger partial charge in [-0.2, -0.15) is 4.68 Å². The lowest BCUT2D eigenvalue weighted by Crippen LogP contribution is -1.99. The van der Waals surface area contributed by atoms with Crippen LogP contribution in [0.15, 0.2) is 53.9 Å². The molecule has 0 saturated carbocycles. The first kappa shape index (κ1) is 12.8. The highest BCUT2D eigenvalue weighted by molar-refractivity contribution is 7.98. The second-order valence-electron chi connectivity index (χ2n) is 4.30. The average Bonchev–Trinajstić information content (AvgIpc) is 2.96. The molecule has 3 aromatic rings. The predicted octanol–water partition coefficient (Wildman–Crippen LogP) is 2.66. The van der Waals surface area contributed by atoms with Gasteiger partial charge in [0.15, 0.2) is 0 Å². The number of rotatable bonds is 4. The summed E-state index contributed by atoms with van der Waals surface area (Å²) in [7, 11) is 0. The molecular formula is C14H13N5S. The van der Waals surface area contributed by atoms with E-state index in [1.54, 1.807) is 28.8 Å². The van der Waals surface area contributed by atoms with E-state index in [9.17, 15) is 0 Å². The van der Waals surface area contributed by atoms with Gasteiger partial charge in [-0.3, -0.25) is 4.98 Å². The molecule has 0 saturated heterocycles. The molecular weight excluding hydrogens is 270 g/mol. The smallest absolute Gasteiger partial charge is 0.214 e. The Balaban J connectivity index is 1.80. The Labute approximate surface area is 121 Å². The van der Waals surface area contributed by atoms with Crippen molar-refractivity contribution in [2.24, 2.45) is 0 Å². The quantitative estimate of drug-likeness (QED) is 0.689. The molecule has 0 aliphatic heterocycles. The molecule has 100 valence electrons. The number of tetrazole rings is 1. The van der Waals surface area contributed by atoms with E-state index in [-0.39, 0.29) is 0 Å². The van der Waals surface area contributed by atoms with E-state index in [4.69, 9.17) is 0 Å². The second-order valence-corrected chi connectivity index (χ2v) is 5.24. The molecule has 0 N–H and O–H groups in total. The summed E-state index contributed by atoms with van der Waals surface area (Å²) in [5.41, 5.74) is 3.43. The first-order chi connectivity index (χ1) is 9.84. The summed E-state index contributed by atoms with van der Waals surface area (Å²) in [6, 6.07) is 12.1. The fraction of sp³-hybridized carbons (Fsp3) is 0.143. The summed E-state index contributed by atoms with van der Waals surface area (Å²) in [5, 5.41) is 12.6.